The molecule has 0 aliphatic heterocycles. The fraction of sp³-hybridized carbons (Fsp3) is 0.647. The summed E-state index contributed by atoms with van der Waals surface area (Å²) in [5.41, 5.74) is 2.31. The van der Waals surface area contributed by atoms with E-state index in [1.54, 1.807) is 0 Å². The normalized spacial score (nSPS) is 21.6. The molecule has 2 unspecified atom stereocenters. The first-order valence-corrected chi connectivity index (χ1v) is 8.38. The van der Waals surface area contributed by atoms with Crippen molar-refractivity contribution in [3.8, 4) is 0 Å². The van der Waals surface area contributed by atoms with E-state index < -0.39 is 5.60 Å². The Balaban J connectivity index is 1.89. The standard InChI is InChI=1S/C17H26BrNO/c1-12(2)10-17(3,20)11-19-16-7-5-13-8-15(18)6-4-14(13)9-16/h4,6,8,12,16,19-20H,5,7,9-11H2,1-3H3. The lowest BCUT2D eigenvalue weighted by Crippen LogP contribution is -2.45. The van der Waals surface area contributed by atoms with Gasteiger partial charge in [-0.2, -0.15) is 0 Å². The van der Waals surface area contributed by atoms with Gasteiger partial charge in [0.05, 0.1) is 5.60 Å². The molecule has 3 heteroatoms. The number of fused-ring (bicyclic) bond motifs is 1. The smallest absolute Gasteiger partial charge is 0.0746 e. The number of hydrogen-bond donors (Lipinski definition) is 2. The summed E-state index contributed by atoms with van der Waals surface area (Å²) < 4.78 is 1.17. The molecule has 1 aromatic carbocycles. The topological polar surface area (TPSA) is 32.3 Å². The third kappa shape index (κ3) is 4.57. The van der Waals surface area contributed by atoms with Crippen molar-refractivity contribution in [2.45, 2.75) is 58.1 Å². The van der Waals surface area contributed by atoms with Crippen LogP contribution in [0.4, 0.5) is 0 Å². The maximum atomic E-state index is 10.4. The Morgan fingerprint density at radius 2 is 2.15 bits per heavy atom. The average Bonchev–Trinajstić information content (AvgIpc) is 2.35. The minimum atomic E-state index is -0.603. The lowest BCUT2D eigenvalue weighted by Gasteiger charge is -2.31. The summed E-state index contributed by atoms with van der Waals surface area (Å²) in [5, 5.41) is 13.9. The van der Waals surface area contributed by atoms with E-state index in [1.807, 2.05) is 6.92 Å². The summed E-state index contributed by atoms with van der Waals surface area (Å²) in [6.07, 6.45) is 4.19. The highest BCUT2D eigenvalue weighted by molar-refractivity contribution is 9.10. The number of benzene rings is 1. The SMILES string of the molecule is CC(C)CC(C)(O)CNC1CCc2cc(Br)ccc2C1. The van der Waals surface area contributed by atoms with E-state index in [0.717, 1.165) is 25.7 Å². The number of aliphatic hydroxyl groups is 1. The van der Waals surface area contributed by atoms with E-state index in [4.69, 9.17) is 0 Å². The van der Waals surface area contributed by atoms with Gasteiger partial charge in [-0.3, -0.25) is 0 Å². The fourth-order valence-electron chi connectivity index (χ4n) is 3.21. The van der Waals surface area contributed by atoms with Gasteiger partial charge in [0.15, 0.2) is 0 Å². The highest BCUT2D eigenvalue weighted by Gasteiger charge is 2.25. The van der Waals surface area contributed by atoms with E-state index >= 15 is 0 Å². The van der Waals surface area contributed by atoms with E-state index in [2.05, 4.69) is 53.3 Å². The Kier molecular flexibility index (Phi) is 5.27. The molecule has 0 heterocycles. The molecule has 2 nitrogen and oxygen atoms in total. The second-order valence-electron chi connectivity index (χ2n) is 6.83. The Morgan fingerprint density at radius 3 is 2.85 bits per heavy atom. The minimum absolute atomic E-state index is 0.488. The molecule has 0 aromatic heterocycles. The predicted molar refractivity (Wildman–Crippen MR) is 88.0 cm³/mol. The van der Waals surface area contributed by atoms with Gasteiger partial charge in [-0.1, -0.05) is 35.8 Å². The lowest BCUT2D eigenvalue weighted by atomic mass is 9.87. The van der Waals surface area contributed by atoms with Crippen LogP contribution in [-0.2, 0) is 12.8 Å². The van der Waals surface area contributed by atoms with E-state index in [-0.39, 0.29) is 0 Å². The first-order chi connectivity index (χ1) is 9.35. The van der Waals surface area contributed by atoms with Crippen molar-refractivity contribution in [3.63, 3.8) is 0 Å². The largest absolute Gasteiger partial charge is 0.389 e. The minimum Gasteiger partial charge on any atom is -0.389 e. The van der Waals surface area contributed by atoms with Crippen LogP contribution >= 0.6 is 15.9 Å². The summed E-state index contributed by atoms with van der Waals surface area (Å²) in [6.45, 7) is 6.93. The van der Waals surface area contributed by atoms with Crippen LogP contribution in [-0.4, -0.2) is 23.3 Å². The average molecular weight is 340 g/mol. The van der Waals surface area contributed by atoms with Gasteiger partial charge in [-0.05, 0) is 61.8 Å². The summed E-state index contributed by atoms with van der Waals surface area (Å²) >= 11 is 3.54. The molecule has 1 aliphatic carbocycles. The zero-order valence-electron chi connectivity index (χ0n) is 12.7. The highest BCUT2D eigenvalue weighted by atomic mass is 79.9. The molecule has 1 aromatic rings. The van der Waals surface area contributed by atoms with Crippen molar-refractivity contribution >= 4 is 15.9 Å². The molecule has 20 heavy (non-hydrogen) atoms. The van der Waals surface area contributed by atoms with Crippen molar-refractivity contribution in [2.75, 3.05) is 6.54 Å². The van der Waals surface area contributed by atoms with Gasteiger partial charge < -0.3 is 10.4 Å². The summed E-state index contributed by atoms with van der Waals surface area (Å²) in [6, 6.07) is 7.07. The molecule has 112 valence electrons. The van der Waals surface area contributed by atoms with Gasteiger partial charge in [0, 0.05) is 17.1 Å². The lowest BCUT2D eigenvalue weighted by molar-refractivity contribution is 0.0354. The summed E-state index contributed by atoms with van der Waals surface area (Å²) in [5.74, 6) is 0.524. The van der Waals surface area contributed by atoms with Gasteiger partial charge >= 0.3 is 0 Å². The van der Waals surface area contributed by atoms with E-state index in [9.17, 15) is 5.11 Å². The molecule has 0 amide bonds. The van der Waals surface area contributed by atoms with Crippen molar-refractivity contribution < 1.29 is 5.11 Å². The molecule has 2 rings (SSSR count). The van der Waals surface area contributed by atoms with Gasteiger partial charge in [0.1, 0.15) is 0 Å². The summed E-state index contributed by atoms with van der Waals surface area (Å²) in [7, 11) is 0. The molecule has 0 spiro atoms. The quantitative estimate of drug-likeness (QED) is 0.857. The van der Waals surface area contributed by atoms with Crippen LogP contribution in [0, 0.1) is 5.92 Å². The van der Waals surface area contributed by atoms with Crippen molar-refractivity contribution in [1.82, 2.24) is 5.32 Å². The molecule has 0 saturated heterocycles. The number of aryl methyl sites for hydroxylation is 1. The van der Waals surface area contributed by atoms with Gasteiger partial charge in [0.2, 0.25) is 0 Å². The zero-order valence-corrected chi connectivity index (χ0v) is 14.3. The number of nitrogens with one attached hydrogen (secondary N) is 1. The van der Waals surface area contributed by atoms with Gasteiger partial charge in [-0.15, -0.1) is 0 Å². The monoisotopic (exact) mass is 339 g/mol. The molecule has 0 radical (unpaired) electrons. The molecule has 0 saturated carbocycles. The van der Waals surface area contributed by atoms with Crippen molar-refractivity contribution in [3.05, 3.63) is 33.8 Å². The van der Waals surface area contributed by atoms with Crippen LogP contribution < -0.4 is 5.32 Å². The van der Waals surface area contributed by atoms with Crippen LogP contribution in [0.15, 0.2) is 22.7 Å². The van der Waals surface area contributed by atoms with Crippen LogP contribution in [0.5, 0.6) is 0 Å². The maximum Gasteiger partial charge on any atom is 0.0746 e. The van der Waals surface area contributed by atoms with Crippen LogP contribution in [0.3, 0.4) is 0 Å². The number of hydrogen-bond acceptors (Lipinski definition) is 2. The molecule has 2 atom stereocenters. The Morgan fingerprint density at radius 1 is 1.40 bits per heavy atom. The number of rotatable bonds is 5. The Hall–Kier alpha value is -0.380. The second kappa shape index (κ2) is 6.59. The van der Waals surface area contributed by atoms with E-state index in [0.29, 0.717) is 18.5 Å². The molecular weight excluding hydrogens is 314 g/mol. The third-order valence-corrected chi connectivity index (χ3v) is 4.51. The van der Waals surface area contributed by atoms with Crippen LogP contribution in [0.1, 0.15) is 44.7 Å². The highest BCUT2D eigenvalue weighted by Crippen LogP contribution is 2.25. The Bertz CT molecular complexity index is 456. The zero-order chi connectivity index (χ0) is 14.8. The molecule has 0 bridgehead atoms. The third-order valence-electron chi connectivity index (χ3n) is 4.02. The number of halogens is 1. The van der Waals surface area contributed by atoms with Crippen LogP contribution in [0.25, 0.3) is 0 Å². The predicted octanol–water partition coefficient (Wildman–Crippen LogP) is 3.69. The molecule has 1 aliphatic rings. The van der Waals surface area contributed by atoms with Crippen molar-refractivity contribution in [2.24, 2.45) is 5.92 Å². The maximum absolute atomic E-state index is 10.4. The molecular formula is C17H26BrNO. The van der Waals surface area contributed by atoms with Crippen LogP contribution in [0.2, 0.25) is 0 Å². The van der Waals surface area contributed by atoms with E-state index in [1.165, 1.54) is 15.6 Å². The second-order valence-corrected chi connectivity index (χ2v) is 7.74. The fourth-order valence-corrected chi connectivity index (χ4v) is 3.62. The first-order valence-electron chi connectivity index (χ1n) is 7.59. The Labute approximate surface area is 131 Å². The molecule has 2 N–H and O–H groups in total. The van der Waals surface area contributed by atoms with Gasteiger partial charge in [0.25, 0.3) is 0 Å². The van der Waals surface area contributed by atoms with Gasteiger partial charge in [-0.25, -0.2) is 0 Å². The van der Waals surface area contributed by atoms with Crippen molar-refractivity contribution in [1.29, 1.82) is 0 Å². The summed E-state index contributed by atoms with van der Waals surface area (Å²) in [4.78, 5) is 0. The molecule has 0 fully saturated rings. The first kappa shape index (κ1) is 16.0.